The standard InChI is InChI=1S/C8H16NO2/c1-4-6-7(5-2)11-8(10)9-3/h7H,1,4-6H2,2-3H3,(H,9,10). The molecule has 1 amide bonds. The summed E-state index contributed by atoms with van der Waals surface area (Å²) in [6, 6.07) is 0. The van der Waals surface area contributed by atoms with Gasteiger partial charge in [-0.15, -0.1) is 0 Å². The van der Waals surface area contributed by atoms with E-state index in [1.165, 1.54) is 0 Å². The van der Waals surface area contributed by atoms with Crippen LogP contribution in [0.25, 0.3) is 0 Å². The molecule has 0 heterocycles. The van der Waals surface area contributed by atoms with Crippen LogP contribution in [0.5, 0.6) is 0 Å². The van der Waals surface area contributed by atoms with E-state index in [0.717, 1.165) is 19.3 Å². The Kier molecular flexibility index (Phi) is 5.61. The zero-order valence-corrected chi connectivity index (χ0v) is 7.22. The zero-order chi connectivity index (χ0) is 8.69. The van der Waals surface area contributed by atoms with Gasteiger partial charge >= 0.3 is 6.09 Å². The molecule has 1 atom stereocenters. The van der Waals surface area contributed by atoms with Crippen molar-refractivity contribution in [3.8, 4) is 0 Å². The van der Waals surface area contributed by atoms with Crippen molar-refractivity contribution in [3.63, 3.8) is 0 Å². The van der Waals surface area contributed by atoms with Crippen molar-refractivity contribution in [3.05, 3.63) is 6.92 Å². The third-order valence-electron chi connectivity index (χ3n) is 1.46. The minimum absolute atomic E-state index is 0.0208. The second-order valence-corrected chi connectivity index (χ2v) is 2.33. The predicted molar refractivity (Wildman–Crippen MR) is 44.2 cm³/mol. The first-order valence-corrected chi connectivity index (χ1v) is 3.92. The summed E-state index contributed by atoms with van der Waals surface area (Å²) < 4.78 is 5.00. The fourth-order valence-electron chi connectivity index (χ4n) is 0.784. The molecule has 0 fully saturated rings. The molecule has 11 heavy (non-hydrogen) atoms. The molecule has 3 heteroatoms. The largest absolute Gasteiger partial charge is 0.446 e. The van der Waals surface area contributed by atoms with Gasteiger partial charge in [0.15, 0.2) is 0 Å². The molecule has 0 aromatic carbocycles. The second kappa shape index (κ2) is 6.01. The van der Waals surface area contributed by atoms with Gasteiger partial charge in [0.2, 0.25) is 0 Å². The summed E-state index contributed by atoms with van der Waals surface area (Å²) in [5, 5.41) is 2.41. The highest BCUT2D eigenvalue weighted by molar-refractivity contribution is 5.66. The number of alkyl carbamates (subject to hydrolysis) is 1. The Labute approximate surface area is 68.1 Å². The Balaban J connectivity index is 3.58. The van der Waals surface area contributed by atoms with Crippen LogP contribution in [-0.4, -0.2) is 19.2 Å². The van der Waals surface area contributed by atoms with Crippen molar-refractivity contribution in [1.82, 2.24) is 5.32 Å². The van der Waals surface area contributed by atoms with E-state index in [2.05, 4.69) is 12.2 Å². The first kappa shape index (κ1) is 10.3. The normalized spacial score (nSPS) is 12.3. The van der Waals surface area contributed by atoms with Gasteiger partial charge in [-0.05, 0) is 19.3 Å². The Bertz CT molecular complexity index is 115. The molecule has 0 aromatic rings. The van der Waals surface area contributed by atoms with E-state index in [9.17, 15) is 4.79 Å². The number of hydrogen-bond acceptors (Lipinski definition) is 2. The molecule has 0 aliphatic rings. The van der Waals surface area contributed by atoms with Crippen molar-refractivity contribution in [2.45, 2.75) is 32.3 Å². The van der Waals surface area contributed by atoms with Gasteiger partial charge in [-0.2, -0.15) is 0 Å². The summed E-state index contributed by atoms with van der Waals surface area (Å²) in [5.74, 6) is 0. The highest BCUT2D eigenvalue weighted by Gasteiger charge is 2.08. The van der Waals surface area contributed by atoms with E-state index >= 15 is 0 Å². The van der Waals surface area contributed by atoms with Crippen molar-refractivity contribution in [2.24, 2.45) is 0 Å². The third-order valence-corrected chi connectivity index (χ3v) is 1.46. The fraction of sp³-hybridized carbons (Fsp3) is 0.750. The monoisotopic (exact) mass is 158 g/mol. The topological polar surface area (TPSA) is 38.3 Å². The van der Waals surface area contributed by atoms with Crippen LogP contribution < -0.4 is 5.32 Å². The van der Waals surface area contributed by atoms with E-state index in [1.807, 2.05) is 6.92 Å². The van der Waals surface area contributed by atoms with Gasteiger partial charge in [0.05, 0.1) is 0 Å². The maximum Gasteiger partial charge on any atom is 0.407 e. The van der Waals surface area contributed by atoms with Gasteiger partial charge in [-0.25, -0.2) is 4.79 Å². The van der Waals surface area contributed by atoms with Gasteiger partial charge in [-0.1, -0.05) is 13.8 Å². The van der Waals surface area contributed by atoms with Crippen molar-refractivity contribution in [2.75, 3.05) is 7.05 Å². The van der Waals surface area contributed by atoms with Crippen LogP contribution in [0.3, 0.4) is 0 Å². The number of amides is 1. The minimum Gasteiger partial charge on any atom is -0.446 e. The number of carbonyl (C=O) groups excluding carboxylic acids is 1. The maximum atomic E-state index is 10.7. The molecule has 0 rings (SSSR count). The van der Waals surface area contributed by atoms with E-state index in [1.54, 1.807) is 7.05 Å². The lowest BCUT2D eigenvalue weighted by molar-refractivity contribution is 0.0925. The third kappa shape index (κ3) is 4.65. The van der Waals surface area contributed by atoms with Crippen LogP contribution >= 0.6 is 0 Å². The molecule has 65 valence electrons. The van der Waals surface area contributed by atoms with Crippen LogP contribution in [-0.2, 0) is 4.74 Å². The molecule has 0 bridgehead atoms. The Hall–Kier alpha value is -0.730. The molecule has 0 aliphatic heterocycles. The summed E-state index contributed by atoms with van der Waals surface area (Å²) in [6.45, 7) is 5.68. The summed E-state index contributed by atoms with van der Waals surface area (Å²) in [5.41, 5.74) is 0. The lowest BCUT2D eigenvalue weighted by Crippen LogP contribution is -2.25. The maximum absolute atomic E-state index is 10.7. The molecular formula is C8H16NO2. The van der Waals surface area contributed by atoms with Crippen molar-refractivity contribution >= 4 is 6.09 Å². The van der Waals surface area contributed by atoms with Crippen LogP contribution in [0.4, 0.5) is 4.79 Å². The van der Waals surface area contributed by atoms with Gasteiger partial charge in [0.25, 0.3) is 0 Å². The highest BCUT2D eigenvalue weighted by atomic mass is 16.6. The molecule has 1 radical (unpaired) electrons. The molecule has 0 saturated carbocycles. The number of ether oxygens (including phenoxy) is 1. The second-order valence-electron chi connectivity index (χ2n) is 2.33. The van der Waals surface area contributed by atoms with Gasteiger partial charge in [0, 0.05) is 7.05 Å². The van der Waals surface area contributed by atoms with Crippen LogP contribution in [0.2, 0.25) is 0 Å². The van der Waals surface area contributed by atoms with Crippen molar-refractivity contribution < 1.29 is 9.53 Å². The molecule has 0 saturated heterocycles. The summed E-state index contributed by atoms with van der Waals surface area (Å²) in [6.07, 6.45) is 2.15. The molecule has 1 N–H and O–H groups in total. The first-order chi connectivity index (χ1) is 5.24. The lowest BCUT2D eigenvalue weighted by Gasteiger charge is -2.14. The summed E-state index contributed by atoms with van der Waals surface area (Å²) in [4.78, 5) is 10.7. The fourth-order valence-corrected chi connectivity index (χ4v) is 0.784. The van der Waals surface area contributed by atoms with Crippen LogP contribution in [0.1, 0.15) is 26.2 Å². The van der Waals surface area contributed by atoms with E-state index in [4.69, 9.17) is 4.74 Å². The number of nitrogens with one attached hydrogen (secondary N) is 1. The summed E-state index contributed by atoms with van der Waals surface area (Å²) in [7, 11) is 1.55. The van der Waals surface area contributed by atoms with E-state index < -0.39 is 0 Å². The Morgan fingerprint density at radius 2 is 2.36 bits per heavy atom. The van der Waals surface area contributed by atoms with Crippen LogP contribution in [0, 0.1) is 6.92 Å². The zero-order valence-electron chi connectivity index (χ0n) is 7.22. The summed E-state index contributed by atoms with van der Waals surface area (Å²) >= 11 is 0. The molecule has 0 aliphatic carbocycles. The average Bonchev–Trinajstić information content (AvgIpc) is 2.03. The first-order valence-electron chi connectivity index (χ1n) is 3.92. The predicted octanol–water partition coefficient (Wildman–Crippen LogP) is 1.74. The molecule has 3 nitrogen and oxygen atoms in total. The lowest BCUT2D eigenvalue weighted by atomic mass is 10.2. The average molecular weight is 158 g/mol. The van der Waals surface area contributed by atoms with E-state index in [-0.39, 0.29) is 12.2 Å². The minimum atomic E-state index is -0.356. The number of hydrogen-bond donors (Lipinski definition) is 1. The van der Waals surface area contributed by atoms with Crippen LogP contribution in [0.15, 0.2) is 0 Å². The molecular weight excluding hydrogens is 142 g/mol. The number of carbonyl (C=O) groups is 1. The smallest absolute Gasteiger partial charge is 0.407 e. The Morgan fingerprint density at radius 3 is 2.73 bits per heavy atom. The van der Waals surface area contributed by atoms with Crippen molar-refractivity contribution in [1.29, 1.82) is 0 Å². The quantitative estimate of drug-likeness (QED) is 0.676. The van der Waals surface area contributed by atoms with Gasteiger partial charge in [0.1, 0.15) is 6.10 Å². The molecule has 1 unspecified atom stereocenters. The SMILES string of the molecule is [CH2]CCC(CC)OC(=O)NC. The van der Waals surface area contributed by atoms with Gasteiger partial charge in [-0.3, -0.25) is 0 Å². The number of rotatable bonds is 4. The molecule has 0 spiro atoms. The van der Waals surface area contributed by atoms with E-state index in [0.29, 0.717) is 0 Å². The molecule has 0 aromatic heterocycles. The highest BCUT2D eigenvalue weighted by Crippen LogP contribution is 2.05. The Morgan fingerprint density at radius 1 is 1.73 bits per heavy atom. The van der Waals surface area contributed by atoms with Gasteiger partial charge < -0.3 is 10.1 Å².